The van der Waals surface area contributed by atoms with Crippen LogP contribution in [0.2, 0.25) is 0 Å². The summed E-state index contributed by atoms with van der Waals surface area (Å²) in [6.45, 7) is 3.05. The second kappa shape index (κ2) is 8.03. The van der Waals surface area contributed by atoms with Gasteiger partial charge in [0.2, 0.25) is 11.9 Å². The summed E-state index contributed by atoms with van der Waals surface area (Å²) in [5, 5.41) is 2.74. The van der Waals surface area contributed by atoms with Gasteiger partial charge in [-0.2, -0.15) is 0 Å². The number of carbonyl (C=O) groups is 2. The molecule has 2 heterocycles. The topological polar surface area (TPSA) is 71.0 Å². The number of hydrogen-bond acceptors (Lipinski definition) is 5. The highest BCUT2D eigenvalue weighted by molar-refractivity contribution is 6.08. The van der Waals surface area contributed by atoms with Gasteiger partial charge >= 0.3 is 5.97 Å². The summed E-state index contributed by atoms with van der Waals surface area (Å²) in [4.78, 5) is 31.9. The van der Waals surface area contributed by atoms with E-state index in [0.29, 0.717) is 19.0 Å². The van der Waals surface area contributed by atoms with E-state index in [-0.39, 0.29) is 12.2 Å². The van der Waals surface area contributed by atoms with Gasteiger partial charge in [0.25, 0.3) is 0 Å². The van der Waals surface area contributed by atoms with Crippen molar-refractivity contribution in [3.63, 3.8) is 0 Å². The summed E-state index contributed by atoms with van der Waals surface area (Å²) >= 11 is 0. The van der Waals surface area contributed by atoms with E-state index in [4.69, 9.17) is 4.74 Å². The molecule has 1 N–H and O–H groups in total. The fourth-order valence-electron chi connectivity index (χ4n) is 3.84. The normalized spacial score (nSPS) is 21.1. The summed E-state index contributed by atoms with van der Waals surface area (Å²) in [7, 11) is 0. The lowest BCUT2D eigenvalue weighted by Crippen LogP contribution is -2.53. The molecule has 0 spiro atoms. The maximum absolute atomic E-state index is 14.5. The van der Waals surface area contributed by atoms with Gasteiger partial charge in [-0.15, -0.1) is 0 Å². The van der Waals surface area contributed by atoms with Crippen molar-refractivity contribution in [1.29, 1.82) is 0 Å². The predicted molar refractivity (Wildman–Crippen MR) is 105 cm³/mol. The van der Waals surface area contributed by atoms with Crippen molar-refractivity contribution in [3.05, 3.63) is 71.0 Å². The first-order chi connectivity index (χ1) is 14.1. The lowest BCUT2D eigenvalue weighted by molar-refractivity contribution is -0.153. The number of rotatable bonds is 3. The van der Waals surface area contributed by atoms with E-state index in [0.717, 1.165) is 12.0 Å². The molecule has 4 rings (SSSR count). The number of nitrogens with zero attached hydrogens (tertiary/aromatic N) is 2. The van der Waals surface area contributed by atoms with Gasteiger partial charge in [0.05, 0.1) is 6.61 Å². The standard InChI is InChI=1S/C22H22FN3O3/c1-2-29-21(28)18-19(16-9-5-6-10-17(16)23)24-22(25-20(18)27)26-12-11-14-7-3-4-8-15(14)13-26/h3-10,18-19H,2,11-13H2,1H3,(H,24,25,27). The molecule has 0 radical (unpaired) electrons. The van der Waals surface area contributed by atoms with E-state index in [9.17, 15) is 14.0 Å². The molecule has 0 saturated heterocycles. The first kappa shape index (κ1) is 19.1. The number of guanidine groups is 1. The number of benzene rings is 2. The highest BCUT2D eigenvalue weighted by atomic mass is 19.1. The zero-order valence-electron chi connectivity index (χ0n) is 16.1. The fourth-order valence-corrected chi connectivity index (χ4v) is 3.84. The fraction of sp³-hybridized carbons (Fsp3) is 0.318. The van der Waals surface area contributed by atoms with Crippen molar-refractivity contribution >= 4 is 17.8 Å². The average molecular weight is 395 g/mol. The Bertz CT molecular complexity index is 975. The Balaban J connectivity index is 1.70. The first-order valence-corrected chi connectivity index (χ1v) is 9.70. The van der Waals surface area contributed by atoms with Gasteiger partial charge in [0.1, 0.15) is 11.9 Å². The van der Waals surface area contributed by atoms with Crippen molar-refractivity contribution in [2.45, 2.75) is 25.9 Å². The van der Waals surface area contributed by atoms with E-state index in [1.807, 2.05) is 23.1 Å². The molecule has 0 saturated carbocycles. The Morgan fingerprint density at radius 3 is 2.69 bits per heavy atom. The van der Waals surface area contributed by atoms with Crippen LogP contribution in [-0.4, -0.2) is 35.9 Å². The van der Waals surface area contributed by atoms with E-state index >= 15 is 0 Å². The Morgan fingerprint density at radius 2 is 1.93 bits per heavy atom. The molecule has 150 valence electrons. The first-order valence-electron chi connectivity index (χ1n) is 9.70. The molecule has 2 atom stereocenters. The molecule has 1 amide bonds. The minimum absolute atomic E-state index is 0.131. The van der Waals surface area contributed by atoms with Crippen LogP contribution in [0.4, 0.5) is 4.39 Å². The van der Waals surface area contributed by atoms with E-state index in [1.165, 1.54) is 11.6 Å². The highest BCUT2D eigenvalue weighted by Gasteiger charge is 2.43. The van der Waals surface area contributed by atoms with E-state index in [2.05, 4.69) is 16.4 Å². The van der Waals surface area contributed by atoms with Crippen molar-refractivity contribution in [2.24, 2.45) is 10.9 Å². The third kappa shape index (κ3) is 3.72. The van der Waals surface area contributed by atoms with Gasteiger partial charge in [-0.3, -0.25) is 14.9 Å². The predicted octanol–water partition coefficient (Wildman–Crippen LogP) is 2.59. The third-order valence-corrected chi connectivity index (χ3v) is 5.29. The van der Waals surface area contributed by atoms with Gasteiger partial charge in [-0.25, -0.2) is 9.38 Å². The number of carbonyl (C=O) groups excluding carboxylic acids is 2. The Hall–Kier alpha value is -3.22. The molecule has 2 aromatic carbocycles. The van der Waals surface area contributed by atoms with Gasteiger partial charge in [-0.05, 0) is 30.5 Å². The molecular formula is C22H22FN3O3. The number of amides is 1. The van der Waals surface area contributed by atoms with Crippen molar-refractivity contribution < 1.29 is 18.7 Å². The van der Waals surface area contributed by atoms with Crippen molar-refractivity contribution in [3.8, 4) is 0 Å². The molecule has 7 heteroatoms. The Kier molecular flexibility index (Phi) is 5.29. The minimum Gasteiger partial charge on any atom is -0.465 e. The Morgan fingerprint density at radius 1 is 1.21 bits per heavy atom. The number of hydrogen-bond donors (Lipinski definition) is 1. The molecule has 0 aromatic heterocycles. The summed E-state index contributed by atoms with van der Waals surface area (Å²) in [5.41, 5.74) is 2.63. The van der Waals surface area contributed by atoms with Crippen LogP contribution >= 0.6 is 0 Å². The zero-order valence-corrected chi connectivity index (χ0v) is 16.1. The van der Waals surface area contributed by atoms with E-state index < -0.39 is 29.7 Å². The maximum Gasteiger partial charge on any atom is 0.321 e. The molecule has 0 fully saturated rings. The lowest BCUT2D eigenvalue weighted by atomic mass is 9.91. The maximum atomic E-state index is 14.5. The Labute approximate surface area is 168 Å². The van der Waals surface area contributed by atoms with Gasteiger partial charge in [0.15, 0.2) is 5.92 Å². The van der Waals surface area contributed by atoms with Crippen LogP contribution in [0.15, 0.2) is 53.5 Å². The smallest absolute Gasteiger partial charge is 0.321 e. The van der Waals surface area contributed by atoms with Crippen molar-refractivity contribution in [2.75, 3.05) is 13.2 Å². The lowest BCUT2D eigenvalue weighted by Gasteiger charge is -2.36. The molecule has 6 nitrogen and oxygen atoms in total. The molecular weight excluding hydrogens is 373 g/mol. The van der Waals surface area contributed by atoms with Crippen LogP contribution in [-0.2, 0) is 27.3 Å². The molecule has 2 aromatic rings. The third-order valence-electron chi connectivity index (χ3n) is 5.29. The number of esters is 1. The highest BCUT2D eigenvalue weighted by Crippen LogP contribution is 2.33. The quantitative estimate of drug-likeness (QED) is 0.641. The summed E-state index contributed by atoms with van der Waals surface area (Å²) in [5.74, 6) is -2.61. The molecule has 29 heavy (non-hydrogen) atoms. The molecule has 0 aliphatic carbocycles. The molecule has 2 aliphatic rings. The second-order valence-corrected chi connectivity index (χ2v) is 7.08. The monoisotopic (exact) mass is 395 g/mol. The number of ether oxygens (including phenoxy) is 1. The largest absolute Gasteiger partial charge is 0.465 e. The second-order valence-electron chi connectivity index (χ2n) is 7.08. The van der Waals surface area contributed by atoms with Crippen LogP contribution in [0.5, 0.6) is 0 Å². The van der Waals surface area contributed by atoms with Crippen LogP contribution in [0, 0.1) is 11.7 Å². The van der Waals surface area contributed by atoms with Crippen LogP contribution in [0.25, 0.3) is 0 Å². The number of nitrogens with one attached hydrogen (secondary N) is 1. The summed E-state index contributed by atoms with van der Waals surface area (Å²) < 4.78 is 19.6. The number of aliphatic imine (C=N–C) groups is 1. The van der Waals surface area contributed by atoms with Gasteiger partial charge in [-0.1, -0.05) is 42.5 Å². The molecule has 2 aliphatic heterocycles. The summed E-state index contributed by atoms with van der Waals surface area (Å²) in [6, 6.07) is 13.2. The minimum atomic E-state index is -1.23. The zero-order chi connectivity index (χ0) is 20.4. The SMILES string of the molecule is CCOC(=O)C1C(=O)NC(N2CCc3ccccc3C2)=NC1c1ccccc1F. The van der Waals surface area contributed by atoms with Crippen LogP contribution < -0.4 is 5.32 Å². The summed E-state index contributed by atoms with van der Waals surface area (Å²) in [6.07, 6.45) is 0.816. The van der Waals surface area contributed by atoms with Gasteiger partial charge in [0, 0.05) is 18.7 Å². The van der Waals surface area contributed by atoms with Gasteiger partial charge < -0.3 is 9.64 Å². The van der Waals surface area contributed by atoms with Crippen molar-refractivity contribution in [1.82, 2.24) is 10.2 Å². The molecule has 0 bridgehead atoms. The number of halogens is 1. The number of fused-ring (bicyclic) bond motifs is 1. The average Bonchev–Trinajstić information content (AvgIpc) is 2.73. The van der Waals surface area contributed by atoms with Crippen LogP contribution in [0.1, 0.15) is 29.7 Å². The van der Waals surface area contributed by atoms with Crippen LogP contribution in [0.3, 0.4) is 0 Å². The van der Waals surface area contributed by atoms with E-state index in [1.54, 1.807) is 25.1 Å². The molecule has 2 unspecified atom stereocenters.